The first kappa shape index (κ1) is 22.5. The van der Waals surface area contributed by atoms with E-state index in [0.717, 1.165) is 36.5 Å². The highest BCUT2D eigenvalue weighted by Gasteiger charge is 2.17. The molecule has 2 heterocycles. The van der Waals surface area contributed by atoms with E-state index in [9.17, 15) is 8.42 Å². The highest BCUT2D eigenvalue weighted by Crippen LogP contribution is 2.40. The van der Waals surface area contributed by atoms with Gasteiger partial charge in [-0.1, -0.05) is 29.8 Å². The van der Waals surface area contributed by atoms with Crippen molar-refractivity contribution in [3.05, 3.63) is 70.4 Å². The van der Waals surface area contributed by atoms with Crippen molar-refractivity contribution in [3.8, 4) is 21.8 Å². The minimum absolute atomic E-state index is 0.0528. The van der Waals surface area contributed by atoms with E-state index in [0.29, 0.717) is 5.69 Å². The Bertz CT molecular complexity index is 1370. The first-order valence-corrected chi connectivity index (χ1v) is 13.9. The Hall–Kier alpha value is -2.66. The fraction of sp³-hybridized carbons (Fsp3) is 0.0909. The quantitative estimate of drug-likeness (QED) is 0.172. The summed E-state index contributed by atoms with van der Waals surface area (Å²) in [4.78, 5) is 5.71. The zero-order valence-electron chi connectivity index (χ0n) is 17.2. The Morgan fingerprint density at radius 2 is 1.81 bits per heavy atom. The molecule has 0 aliphatic carbocycles. The number of hydrogen-bond donors (Lipinski definition) is 3. The van der Waals surface area contributed by atoms with E-state index in [1.165, 1.54) is 22.7 Å². The number of aromatic nitrogens is 1. The van der Waals surface area contributed by atoms with Gasteiger partial charge in [0.2, 0.25) is 0 Å². The summed E-state index contributed by atoms with van der Waals surface area (Å²) in [6.45, 7) is 1.91. The van der Waals surface area contributed by atoms with Gasteiger partial charge in [-0.3, -0.25) is 10.1 Å². The van der Waals surface area contributed by atoms with Gasteiger partial charge in [-0.15, -0.1) is 34.4 Å². The van der Waals surface area contributed by atoms with Crippen molar-refractivity contribution >= 4 is 56.0 Å². The average Bonchev–Trinajstić information content (AvgIpc) is 3.41. The lowest BCUT2D eigenvalue weighted by molar-refractivity contribution is 0.601. The number of thiophene rings is 1. The van der Waals surface area contributed by atoms with E-state index in [4.69, 9.17) is 16.1 Å². The third-order valence-electron chi connectivity index (χ3n) is 4.65. The van der Waals surface area contributed by atoms with Crippen LogP contribution < -0.4 is 10.5 Å². The molecule has 4 rings (SSSR count). The third kappa shape index (κ3) is 4.73. The molecule has 0 amide bonds. The fourth-order valence-corrected chi connectivity index (χ4v) is 6.75. The molecule has 10 heteroatoms. The molecule has 164 valence electrons. The second-order valence-corrected chi connectivity index (χ2v) is 11.6. The standard InChI is InChI=1S/C22H20N4O2S4/c1-13-3-9-16(10-4-13)32(27,28)26-15-7-5-14(6-8-15)18-12-30-21(25-18)17-11-19(20(23)24)31-22(17)29-2/h3-12,26H,1-2H3,(H3,23,24). The number of aryl methyl sites for hydroxylation is 1. The van der Waals surface area contributed by atoms with Crippen LogP contribution in [0.3, 0.4) is 0 Å². The second-order valence-electron chi connectivity index (χ2n) is 6.96. The number of rotatable bonds is 7. The summed E-state index contributed by atoms with van der Waals surface area (Å²) in [6.07, 6.45) is 1.99. The largest absolute Gasteiger partial charge is 0.383 e. The van der Waals surface area contributed by atoms with Crippen molar-refractivity contribution < 1.29 is 8.42 Å². The van der Waals surface area contributed by atoms with Crippen LogP contribution in [-0.2, 0) is 10.0 Å². The Morgan fingerprint density at radius 1 is 1.12 bits per heavy atom. The molecule has 4 aromatic rings. The molecular formula is C22H20N4O2S4. The first-order valence-electron chi connectivity index (χ1n) is 9.45. The Labute approximate surface area is 199 Å². The Morgan fingerprint density at radius 3 is 2.44 bits per heavy atom. The minimum Gasteiger partial charge on any atom is -0.383 e. The van der Waals surface area contributed by atoms with Gasteiger partial charge in [0.1, 0.15) is 10.8 Å². The maximum absolute atomic E-state index is 12.6. The van der Waals surface area contributed by atoms with Gasteiger partial charge in [-0.05, 0) is 43.5 Å². The van der Waals surface area contributed by atoms with E-state index in [2.05, 4.69) is 4.72 Å². The van der Waals surface area contributed by atoms with E-state index in [1.807, 2.05) is 36.8 Å². The predicted molar refractivity (Wildman–Crippen MR) is 136 cm³/mol. The van der Waals surface area contributed by atoms with Crippen molar-refractivity contribution in [3.63, 3.8) is 0 Å². The van der Waals surface area contributed by atoms with Gasteiger partial charge in [-0.25, -0.2) is 13.4 Å². The molecule has 2 aromatic carbocycles. The van der Waals surface area contributed by atoms with Crippen LogP contribution in [-0.4, -0.2) is 25.5 Å². The lowest BCUT2D eigenvalue weighted by atomic mass is 10.1. The molecule has 0 aliphatic heterocycles. The number of nitrogen functional groups attached to an aromatic ring is 1. The number of benzene rings is 2. The summed E-state index contributed by atoms with van der Waals surface area (Å²) < 4.78 is 28.9. The molecule has 0 bridgehead atoms. The van der Waals surface area contributed by atoms with Crippen molar-refractivity contribution in [1.82, 2.24) is 4.98 Å². The van der Waals surface area contributed by atoms with Crippen molar-refractivity contribution in [1.29, 1.82) is 5.41 Å². The maximum Gasteiger partial charge on any atom is 0.261 e. The minimum atomic E-state index is -3.64. The van der Waals surface area contributed by atoms with Gasteiger partial charge in [-0.2, -0.15) is 0 Å². The molecule has 0 saturated carbocycles. The zero-order chi connectivity index (χ0) is 22.9. The highest BCUT2D eigenvalue weighted by molar-refractivity contribution is 8.00. The van der Waals surface area contributed by atoms with Crippen LogP contribution in [0.1, 0.15) is 10.4 Å². The Balaban J connectivity index is 1.55. The maximum atomic E-state index is 12.6. The third-order valence-corrected chi connectivity index (χ3v) is 9.22. The molecule has 0 saturated heterocycles. The van der Waals surface area contributed by atoms with E-state index < -0.39 is 10.0 Å². The number of nitrogens with two attached hydrogens (primary N) is 1. The van der Waals surface area contributed by atoms with E-state index in [-0.39, 0.29) is 10.7 Å². The van der Waals surface area contributed by atoms with Gasteiger partial charge < -0.3 is 5.73 Å². The molecule has 0 atom stereocenters. The number of anilines is 1. The topological polar surface area (TPSA) is 109 Å². The number of thioether (sulfide) groups is 1. The molecule has 0 radical (unpaired) electrons. The summed E-state index contributed by atoms with van der Waals surface area (Å²) in [5, 5.41) is 10.5. The molecule has 0 unspecified atom stereocenters. The lowest BCUT2D eigenvalue weighted by Crippen LogP contribution is -2.12. The first-order chi connectivity index (χ1) is 15.3. The summed E-state index contributed by atoms with van der Waals surface area (Å²) in [7, 11) is -3.64. The zero-order valence-corrected chi connectivity index (χ0v) is 20.5. The molecule has 32 heavy (non-hydrogen) atoms. The van der Waals surface area contributed by atoms with E-state index in [1.54, 1.807) is 48.2 Å². The summed E-state index contributed by atoms with van der Waals surface area (Å²) >= 11 is 4.62. The molecular weight excluding hydrogens is 481 g/mol. The lowest BCUT2D eigenvalue weighted by Gasteiger charge is -2.09. The predicted octanol–water partition coefficient (Wildman–Crippen LogP) is 5.65. The molecule has 4 N–H and O–H groups in total. The van der Waals surface area contributed by atoms with Gasteiger partial charge in [0.15, 0.2) is 0 Å². The van der Waals surface area contributed by atoms with Crippen LogP contribution in [0.15, 0.2) is 69.1 Å². The van der Waals surface area contributed by atoms with Crippen LogP contribution in [0.25, 0.3) is 21.8 Å². The van der Waals surface area contributed by atoms with Crippen LogP contribution in [0.5, 0.6) is 0 Å². The van der Waals surface area contributed by atoms with Gasteiger partial charge >= 0.3 is 0 Å². The second kappa shape index (κ2) is 9.07. The molecule has 2 aromatic heterocycles. The average molecular weight is 501 g/mol. The normalized spacial score (nSPS) is 11.4. The molecule has 0 aliphatic rings. The SMILES string of the molecule is CSc1sc(C(=N)N)cc1-c1nc(-c2ccc(NS(=O)(=O)c3ccc(C)cc3)cc2)cs1. The van der Waals surface area contributed by atoms with Gasteiger partial charge in [0.05, 0.1) is 19.7 Å². The van der Waals surface area contributed by atoms with Crippen LogP contribution >= 0.6 is 34.4 Å². The number of nitrogens with one attached hydrogen (secondary N) is 2. The summed E-state index contributed by atoms with van der Waals surface area (Å²) in [5.74, 6) is 0.0528. The van der Waals surface area contributed by atoms with Crippen molar-refractivity contribution in [2.24, 2.45) is 5.73 Å². The number of amidine groups is 1. The fourth-order valence-electron chi connectivity index (χ4n) is 2.98. The summed E-state index contributed by atoms with van der Waals surface area (Å²) in [6, 6.07) is 15.8. The van der Waals surface area contributed by atoms with Crippen LogP contribution in [0, 0.1) is 12.3 Å². The Kier molecular flexibility index (Phi) is 6.38. The number of hydrogen-bond acceptors (Lipinski definition) is 7. The number of thiazole rings is 1. The summed E-state index contributed by atoms with van der Waals surface area (Å²) in [5.41, 5.74) is 9.80. The highest BCUT2D eigenvalue weighted by atomic mass is 32.2. The van der Waals surface area contributed by atoms with E-state index >= 15 is 0 Å². The monoisotopic (exact) mass is 500 g/mol. The molecule has 0 spiro atoms. The number of sulfonamides is 1. The van der Waals surface area contributed by atoms with Gasteiger partial charge in [0, 0.05) is 22.2 Å². The van der Waals surface area contributed by atoms with Crippen LogP contribution in [0.4, 0.5) is 5.69 Å². The van der Waals surface area contributed by atoms with Crippen molar-refractivity contribution in [2.75, 3.05) is 11.0 Å². The molecule has 0 fully saturated rings. The molecule has 6 nitrogen and oxygen atoms in total. The van der Waals surface area contributed by atoms with Gasteiger partial charge in [0.25, 0.3) is 10.0 Å². The van der Waals surface area contributed by atoms with Crippen molar-refractivity contribution in [2.45, 2.75) is 16.0 Å². The number of nitrogens with zero attached hydrogens (tertiary/aromatic N) is 1. The smallest absolute Gasteiger partial charge is 0.261 e. The van der Waals surface area contributed by atoms with Crippen LogP contribution in [0.2, 0.25) is 0 Å².